The van der Waals surface area contributed by atoms with Gasteiger partial charge in [0.05, 0.1) is 6.54 Å². The summed E-state index contributed by atoms with van der Waals surface area (Å²) in [6.07, 6.45) is 0. The molecule has 1 fully saturated rings. The van der Waals surface area contributed by atoms with Gasteiger partial charge in [-0.3, -0.25) is 14.6 Å². The lowest BCUT2D eigenvalue weighted by Gasteiger charge is -2.38. The number of rotatable bonds is 5. The van der Waals surface area contributed by atoms with Gasteiger partial charge in [-0.25, -0.2) is 8.78 Å². The Balaban J connectivity index is 1.46. The fourth-order valence-electron chi connectivity index (χ4n) is 3.20. The first-order valence-corrected chi connectivity index (χ1v) is 8.78. The Labute approximate surface area is 152 Å². The molecular weight excluding hydrogens is 336 g/mol. The van der Waals surface area contributed by atoms with Crippen molar-refractivity contribution in [3.05, 3.63) is 65.7 Å². The van der Waals surface area contributed by atoms with Crippen LogP contribution in [0.1, 0.15) is 18.5 Å². The SMILES string of the molecule is CC(c1ccc(F)cc1)N1CCN(CC(=O)Nc2ccc(F)cc2)CC1. The molecule has 1 aliphatic heterocycles. The predicted octanol–water partition coefficient (Wildman–Crippen LogP) is 3.28. The van der Waals surface area contributed by atoms with Crippen molar-refractivity contribution in [1.29, 1.82) is 0 Å². The highest BCUT2D eigenvalue weighted by Gasteiger charge is 2.23. The summed E-state index contributed by atoms with van der Waals surface area (Å²) in [7, 11) is 0. The summed E-state index contributed by atoms with van der Waals surface area (Å²) in [4.78, 5) is 16.6. The van der Waals surface area contributed by atoms with E-state index in [2.05, 4.69) is 22.0 Å². The average Bonchev–Trinajstić information content (AvgIpc) is 2.64. The second-order valence-corrected chi connectivity index (χ2v) is 6.59. The summed E-state index contributed by atoms with van der Waals surface area (Å²) in [5, 5.41) is 2.79. The van der Waals surface area contributed by atoms with Crippen LogP contribution in [0.5, 0.6) is 0 Å². The summed E-state index contributed by atoms with van der Waals surface area (Å²) in [5.41, 5.74) is 1.69. The number of carbonyl (C=O) groups is 1. The van der Waals surface area contributed by atoms with E-state index in [0.717, 1.165) is 31.7 Å². The molecule has 4 nitrogen and oxygen atoms in total. The molecule has 1 aliphatic rings. The van der Waals surface area contributed by atoms with E-state index >= 15 is 0 Å². The van der Waals surface area contributed by atoms with Gasteiger partial charge in [-0.1, -0.05) is 12.1 Å². The third-order valence-corrected chi connectivity index (χ3v) is 4.80. The molecule has 138 valence electrons. The maximum Gasteiger partial charge on any atom is 0.238 e. The number of carbonyl (C=O) groups excluding carboxylic acids is 1. The number of piperazine rings is 1. The van der Waals surface area contributed by atoms with Crippen LogP contribution in [0.3, 0.4) is 0 Å². The highest BCUT2D eigenvalue weighted by Crippen LogP contribution is 2.21. The van der Waals surface area contributed by atoms with Gasteiger partial charge in [0, 0.05) is 37.9 Å². The van der Waals surface area contributed by atoms with E-state index in [4.69, 9.17) is 0 Å². The largest absolute Gasteiger partial charge is 0.325 e. The number of benzene rings is 2. The minimum absolute atomic E-state index is 0.100. The van der Waals surface area contributed by atoms with Gasteiger partial charge < -0.3 is 5.32 Å². The molecule has 26 heavy (non-hydrogen) atoms. The average molecular weight is 359 g/mol. The highest BCUT2D eigenvalue weighted by atomic mass is 19.1. The molecule has 2 aromatic rings. The zero-order valence-corrected chi connectivity index (χ0v) is 14.8. The first-order valence-electron chi connectivity index (χ1n) is 8.78. The van der Waals surface area contributed by atoms with Crippen molar-refractivity contribution < 1.29 is 13.6 Å². The second-order valence-electron chi connectivity index (χ2n) is 6.59. The van der Waals surface area contributed by atoms with Crippen LogP contribution in [-0.4, -0.2) is 48.4 Å². The van der Waals surface area contributed by atoms with Crippen LogP contribution < -0.4 is 5.32 Å². The smallest absolute Gasteiger partial charge is 0.238 e. The summed E-state index contributed by atoms with van der Waals surface area (Å²) in [6.45, 7) is 5.72. The molecule has 1 amide bonds. The van der Waals surface area contributed by atoms with Crippen molar-refractivity contribution in [1.82, 2.24) is 9.80 Å². The lowest BCUT2D eigenvalue weighted by Crippen LogP contribution is -2.49. The zero-order valence-electron chi connectivity index (χ0n) is 14.8. The van der Waals surface area contributed by atoms with Crippen LogP contribution in [0.4, 0.5) is 14.5 Å². The summed E-state index contributed by atoms with van der Waals surface area (Å²) in [5.74, 6) is -0.649. The van der Waals surface area contributed by atoms with Crippen LogP contribution in [0.15, 0.2) is 48.5 Å². The van der Waals surface area contributed by atoms with Crippen molar-refractivity contribution in [3.8, 4) is 0 Å². The van der Waals surface area contributed by atoms with Crippen LogP contribution in [0.25, 0.3) is 0 Å². The fourth-order valence-corrected chi connectivity index (χ4v) is 3.20. The molecule has 0 aromatic heterocycles. The summed E-state index contributed by atoms with van der Waals surface area (Å²) < 4.78 is 26.0. The molecule has 1 saturated heterocycles. The fraction of sp³-hybridized carbons (Fsp3) is 0.350. The minimum Gasteiger partial charge on any atom is -0.325 e. The Morgan fingerprint density at radius 1 is 0.962 bits per heavy atom. The van der Waals surface area contributed by atoms with E-state index in [0.29, 0.717) is 12.2 Å². The van der Waals surface area contributed by atoms with Gasteiger partial charge in [0.25, 0.3) is 0 Å². The van der Waals surface area contributed by atoms with Crippen LogP contribution >= 0.6 is 0 Å². The summed E-state index contributed by atoms with van der Waals surface area (Å²) >= 11 is 0. The van der Waals surface area contributed by atoms with E-state index in [-0.39, 0.29) is 23.6 Å². The molecule has 0 aliphatic carbocycles. The summed E-state index contributed by atoms with van der Waals surface area (Å²) in [6, 6.07) is 12.6. The molecule has 0 radical (unpaired) electrons. The quantitative estimate of drug-likeness (QED) is 0.890. The highest BCUT2D eigenvalue weighted by molar-refractivity contribution is 5.92. The van der Waals surface area contributed by atoms with E-state index in [1.54, 1.807) is 12.1 Å². The molecule has 0 spiro atoms. The Morgan fingerprint density at radius 3 is 2.08 bits per heavy atom. The van der Waals surface area contributed by atoms with E-state index in [1.807, 2.05) is 12.1 Å². The number of nitrogens with one attached hydrogen (secondary N) is 1. The first-order chi connectivity index (χ1) is 12.5. The standard InChI is InChI=1S/C20H23F2N3O/c1-15(16-2-4-17(21)5-3-16)25-12-10-24(11-13-25)14-20(26)23-19-8-6-18(22)7-9-19/h2-9,15H,10-14H2,1H3,(H,23,26). The van der Waals surface area contributed by atoms with Gasteiger partial charge in [-0.15, -0.1) is 0 Å². The van der Waals surface area contributed by atoms with Crippen LogP contribution in [0, 0.1) is 11.6 Å². The van der Waals surface area contributed by atoms with Gasteiger partial charge in [-0.05, 0) is 48.9 Å². The predicted molar refractivity (Wildman–Crippen MR) is 97.9 cm³/mol. The molecule has 1 heterocycles. The van der Waals surface area contributed by atoms with Crippen molar-refractivity contribution in [2.24, 2.45) is 0 Å². The third kappa shape index (κ3) is 4.86. The number of anilines is 1. The lowest BCUT2D eigenvalue weighted by atomic mass is 10.1. The first kappa shape index (κ1) is 18.5. The Morgan fingerprint density at radius 2 is 1.50 bits per heavy atom. The Hall–Kier alpha value is -2.31. The van der Waals surface area contributed by atoms with E-state index in [9.17, 15) is 13.6 Å². The Kier molecular flexibility index (Phi) is 5.96. The molecule has 1 unspecified atom stereocenters. The molecule has 2 aromatic carbocycles. The molecule has 0 bridgehead atoms. The number of hydrogen-bond donors (Lipinski definition) is 1. The molecular formula is C20H23F2N3O. The van der Waals surface area contributed by atoms with Gasteiger partial charge in [0.1, 0.15) is 11.6 Å². The van der Waals surface area contributed by atoms with Crippen molar-refractivity contribution in [3.63, 3.8) is 0 Å². The maximum atomic E-state index is 13.1. The monoisotopic (exact) mass is 359 g/mol. The van der Waals surface area contributed by atoms with Crippen molar-refractivity contribution in [2.75, 3.05) is 38.0 Å². The lowest BCUT2D eigenvalue weighted by molar-refractivity contribution is -0.117. The van der Waals surface area contributed by atoms with Crippen molar-refractivity contribution >= 4 is 11.6 Å². The van der Waals surface area contributed by atoms with Gasteiger partial charge in [-0.2, -0.15) is 0 Å². The van der Waals surface area contributed by atoms with E-state index in [1.165, 1.54) is 24.3 Å². The molecule has 0 saturated carbocycles. The minimum atomic E-state index is -0.325. The normalized spacial score (nSPS) is 17.0. The molecule has 3 rings (SSSR count). The molecule has 1 atom stereocenters. The Bertz CT molecular complexity index is 726. The topological polar surface area (TPSA) is 35.6 Å². The molecule has 1 N–H and O–H groups in total. The van der Waals surface area contributed by atoms with E-state index < -0.39 is 0 Å². The zero-order chi connectivity index (χ0) is 18.5. The molecule has 6 heteroatoms. The van der Waals surface area contributed by atoms with Gasteiger partial charge >= 0.3 is 0 Å². The number of halogens is 2. The van der Waals surface area contributed by atoms with Gasteiger partial charge in [0.15, 0.2) is 0 Å². The second kappa shape index (κ2) is 8.38. The van der Waals surface area contributed by atoms with Crippen LogP contribution in [0.2, 0.25) is 0 Å². The number of amides is 1. The van der Waals surface area contributed by atoms with Crippen molar-refractivity contribution in [2.45, 2.75) is 13.0 Å². The van der Waals surface area contributed by atoms with Crippen LogP contribution in [-0.2, 0) is 4.79 Å². The maximum absolute atomic E-state index is 13.1. The number of hydrogen-bond acceptors (Lipinski definition) is 3. The van der Waals surface area contributed by atoms with Gasteiger partial charge in [0.2, 0.25) is 5.91 Å². The number of nitrogens with zero attached hydrogens (tertiary/aromatic N) is 2. The third-order valence-electron chi connectivity index (χ3n) is 4.80.